The Morgan fingerprint density at radius 3 is 2.94 bits per heavy atom. The molecule has 3 heteroatoms. The standard InChI is InChI=1S/C14H17NO2/c1-2-9-17-10-13(16)12-7-3-5-11-6-4-8-15-14(11)12/h3-8,13,16H,2,9-10H2,1H3. The maximum atomic E-state index is 10.1. The van der Waals surface area contributed by atoms with E-state index in [0.717, 1.165) is 22.9 Å². The number of rotatable bonds is 5. The van der Waals surface area contributed by atoms with Crippen LogP contribution in [0.4, 0.5) is 0 Å². The van der Waals surface area contributed by atoms with Gasteiger partial charge in [0, 0.05) is 23.8 Å². The first-order valence-corrected chi connectivity index (χ1v) is 5.92. The van der Waals surface area contributed by atoms with Crippen molar-refractivity contribution < 1.29 is 9.84 Å². The lowest BCUT2D eigenvalue weighted by atomic mass is 10.1. The van der Waals surface area contributed by atoms with Gasteiger partial charge in [-0.15, -0.1) is 0 Å². The Kier molecular flexibility index (Phi) is 4.07. The Morgan fingerprint density at radius 1 is 1.29 bits per heavy atom. The minimum atomic E-state index is -0.611. The van der Waals surface area contributed by atoms with Crippen LogP contribution in [0.1, 0.15) is 25.0 Å². The van der Waals surface area contributed by atoms with E-state index in [9.17, 15) is 5.11 Å². The number of hydrogen-bond acceptors (Lipinski definition) is 3. The van der Waals surface area contributed by atoms with Crippen molar-refractivity contribution in [3.63, 3.8) is 0 Å². The molecule has 0 spiro atoms. The van der Waals surface area contributed by atoms with Gasteiger partial charge in [-0.3, -0.25) is 4.98 Å². The Hall–Kier alpha value is -1.45. The summed E-state index contributed by atoms with van der Waals surface area (Å²) >= 11 is 0. The molecule has 0 fully saturated rings. The number of pyridine rings is 1. The lowest BCUT2D eigenvalue weighted by Crippen LogP contribution is -2.08. The summed E-state index contributed by atoms with van der Waals surface area (Å²) in [6.45, 7) is 3.05. The van der Waals surface area contributed by atoms with Crippen LogP contribution in [0.3, 0.4) is 0 Å². The molecule has 1 aromatic carbocycles. The van der Waals surface area contributed by atoms with Crippen LogP contribution in [0.25, 0.3) is 10.9 Å². The molecule has 0 aliphatic carbocycles. The van der Waals surface area contributed by atoms with Crippen molar-refractivity contribution in [1.29, 1.82) is 0 Å². The van der Waals surface area contributed by atoms with E-state index in [2.05, 4.69) is 4.98 Å². The molecular weight excluding hydrogens is 214 g/mol. The van der Waals surface area contributed by atoms with Crippen LogP contribution >= 0.6 is 0 Å². The van der Waals surface area contributed by atoms with E-state index in [-0.39, 0.29) is 0 Å². The third-order valence-corrected chi connectivity index (χ3v) is 2.65. The predicted octanol–water partition coefficient (Wildman–Crippen LogP) is 2.69. The minimum absolute atomic E-state index is 0.323. The number of hydrogen-bond donors (Lipinski definition) is 1. The number of nitrogens with zero attached hydrogens (tertiary/aromatic N) is 1. The van der Waals surface area contributed by atoms with Gasteiger partial charge in [-0.1, -0.05) is 31.2 Å². The average Bonchev–Trinajstić information content (AvgIpc) is 2.38. The quantitative estimate of drug-likeness (QED) is 0.804. The fraction of sp³-hybridized carbons (Fsp3) is 0.357. The molecule has 1 heterocycles. The molecule has 2 aromatic rings. The molecule has 0 saturated heterocycles. The van der Waals surface area contributed by atoms with Crippen LogP contribution in [-0.2, 0) is 4.74 Å². The van der Waals surface area contributed by atoms with Crippen LogP contribution in [0.2, 0.25) is 0 Å². The van der Waals surface area contributed by atoms with Crippen molar-refractivity contribution in [3.05, 3.63) is 42.1 Å². The SMILES string of the molecule is CCCOCC(O)c1cccc2cccnc12. The summed E-state index contributed by atoms with van der Waals surface area (Å²) in [5, 5.41) is 11.1. The second kappa shape index (κ2) is 5.75. The minimum Gasteiger partial charge on any atom is -0.386 e. The summed E-state index contributed by atoms with van der Waals surface area (Å²) in [5.41, 5.74) is 1.68. The van der Waals surface area contributed by atoms with Crippen molar-refractivity contribution in [1.82, 2.24) is 4.98 Å². The maximum absolute atomic E-state index is 10.1. The molecular formula is C14H17NO2. The summed E-state index contributed by atoms with van der Waals surface area (Å²) in [6, 6.07) is 9.71. The normalized spacial score (nSPS) is 12.8. The molecule has 0 saturated carbocycles. The number of benzene rings is 1. The van der Waals surface area contributed by atoms with E-state index in [4.69, 9.17) is 4.74 Å². The largest absolute Gasteiger partial charge is 0.386 e. The Labute approximate surface area is 101 Å². The molecule has 0 radical (unpaired) electrons. The first kappa shape index (κ1) is 12.0. The Bertz CT molecular complexity index is 479. The highest BCUT2D eigenvalue weighted by Gasteiger charge is 2.11. The van der Waals surface area contributed by atoms with Crippen molar-refractivity contribution in [3.8, 4) is 0 Å². The lowest BCUT2D eigenvalue weighted by molar-refractivity contribution is 0.0370. The molecule has 0 aliphatic heterocycles. The fourth-order valence-corrected chi connectivity index (χ4v) is 1.83. The summed E-state index contributed by atoms with van der Waals surface area (Å²) < 4.78 is 5.37. The number of para-hydroxylation sites is 1. The summed E-state index contributed by atoms with van der Waals surface area (Å²) in [6.07, 6.45) is 2.09. The van der Waals surface area contributed by atoms with Crippen molar-refractivity contribution in [2.24, 2.45) is 0 Å². The molecule has 1 atom stereocenters. The van der Waals surface area contributed by atoms with Gasteiger partial charge in [-0.25, -0.2) is 0 Å². The molecule has 0 amide bonds. The third-order valence-electron chi connectivity index (χ3n) is 2.65. The molecule has 17 heavy (non-hydrogen) atoms. The zero-order valence-electron chi connectivity index (χ0n) is 9.97. The highest BCUT2D eigenvalue weighted by atomic mass is 16.5. The molecule has 90 valence electrons. The van der Waals surface area contributed by atoms with Gasteiger partial charge in [0.2, 0.25) is 0 Å². The molecule has 1 unspecified atom stereocenters. The van der Waals surface area contributed by atoms with Gasteiger partial charge in [-0.2, -0.15) is 0 Å². The maximum Gasteiger partial charge on any atom is 0.104 e. The van der Waals surface area contributed by atoms with Gasteiger partial charge < -0.3 is 9.84 Å². The lowest BCUT2D eigenvalue weighted by Gasteiger charge is -2.13. The molecule has 1 N–H and O–H groups in total. The molecule has 2 rings (SSSR count). The molecule has 1 aromatic heterocycles. The second-order valence-electron chi connectivity index (χ2n) is 4.01. The monoisotopic (exact) mass is 231 g/mol. The van der Waals surface area contributed by atoms with E-state index in [1.807, 2.05) is 37.3 Å². The molecule has 0 bridgehead atoms. The first-order chi connectivity index (χ1) is 8.33. The number of fused-ring (bicyclic) bond motifs is 1. The van der Waals surface area contributed by atoms with Gasteiger partial charge in [-0.05, 0) is 12.5 Å². The van der Waals surface area contributed by atoms with E-state index in [1.165, 1.54) is 0 Å². The van der Waals surface area contributed by atoms with Crippen LogP contribution < -0.4 is 0 Å². The number of ether oxygens (including phenoxy) is 1. The molecule has 3 nitrogen and oxygen atoms in total. The van der Waals surface area contributed by atoms with E-state index < -0.39 is 6.10 Å². The third kappa shape index (κ3) is 2.81. The second-order valence-corrected chi connectivity index (χ2v) is 4.01. The fourth-order valence-electron chi connectivity index (χ4n) is 1.83. The summed E-state index contributed by atoms with van der Waals surface area (Å²) in [4.78, 5) is 4.31. The zero-order valence-corrected chi connectivity index (χ0v) is 9.97. The van der Waals surface area contributed by atoms with Gasteiger partial charge in [0.15, 0.2) is 0 Å². The van der Waals surface area contributed by atoms with Crippen LogP contribution in [0.15, 0.2) is 36.5 Å². The van der Waals surface area contributed by atoms with Gasteiger partial charge in [0.1, 0.15) is 6.10 Å². The van der Waals surface area contributed by atoms with Gasteiger partial charge in [0.25, 0.3) is 0 Å². The number of aromatic nitrogens is 1. The van der Waals surface area contributed by atoms with Crippen LogP contribution in [0.5, 0.6) is 0 Å². The Morgan fingerprint density at radius 2 is 2.12 bits per heavy atom. The van der Waals surface area contributed by atoms with Gasteiger partial charge in [0.05, 0.1) is 12.1 Å². The Balaban J connectivity index is 2.22. The smallest absolute Gasteiger partial charge is 0.104 e. The topological polar surface area (TPSA) is 42.4 Å². The summed E-state index contributed by atoms with van der Waals surface area (Å²) in [5.74, 6) is 0. The number of aliphatic hydroxyl groups excluding tert-OH is 1. The van der Waals surface area contributed by atoms with Gasteiger partial charge >= 0.3 is 0 Å². The first-order valence-electron chi connectivity index (χ1n) is 5.92. The zero-order chi connectivity index (χ0) is 12.1. The van der Waals surface area contributed by atoms with E-state index in [1.54, 1.807) is 6.20 Å². The summed E-state index contributed by atoms with van der Waals surface area (Å²) in [7, 11) is 0. The molecule has 0 aliphatic rings. The number of aliphatic hydroxyl groups is 1. The van der Waals surface area contributed by atoms with Crippen molar-refractivity contribution in [2.45, 2.75) is 19.4 Å². The van der Waals surface area contributed by atoms with Crippen LogP contribution in [-0.4, -0.2) is 23.3 Å². The predicted molar refractivity (Wildman–Crippen MR) is 67.8 cm³/mol. The average molecular weight is 231 g/mol. The van der Waals surface area contributed by atoms with E-state index in [0.29, 0.717) is 13.2 Å². The highest BCUT2D eigenvalue weighted by molar-refractivity contribution is 5.81. The van der Waals surface area contributed by atoms with Crippen LogP contribution in [0, 0.1) is 0 Å². The van der Waals surface area contributed by atoms with Crippen molar-refractivity contribution >= 4 is 10.9 Å². The highest BCUT2D eigenvalue weighted by Crippen LogP contribution is 2.22. The van der Waals surface area contributed by atoms with Crippen molar-refractivity contribution in [2.75, 3.05) is 13.2 Å². The van der Waals surface area contributed by atoms with E-state index >= 15 is 0 Å².